The van der Waals surface area contributed by atoms with Crippen LogP contribution in [-0.2, 0) is 4.74 Å². The molecule has 3 rings (SSSR count). The molecule has 2 N–H and O–H groups in total. The van der Waals surface area contributed by atoms with Gasteiger partial charge in [-0.15, -0.1) is 0 Å². The summed E-state index contributed by atoms with van der Waals surface area (Å²) in [6.07, 6.45) is 3.44. The number of amides is 2. The van der Waals surface area contributed by atoms with Gasteiger partial charge in [-0.3, -0.25) is 9.59 Å². The Kier molecular flexibility index (Phi) is 8.04. The largest absolute Gasteiger partial charge is 0.459 e. The summed E-state index contributed by atoms with van der Waals surface area (Å²) in [7, 11) is 0. The third-order valence-corrected chi connectivity index (χ3v) is 5.42. The lowest BCUT2D eigenvalue weighted by Gasteiger charge is -2.37. The smallest absolute Gasteiger partial charge is 0.291 e. The third-order valence-electron chi connectivity index (χ3n) is 5.42. The molecule has 0 bridgehead atoms. The number of anilines is 1. The van der Waals surface area contributed by atoms with E-state index >= 15 is 0 Å². The molecule has 2 aromatic rings. The first-order valence-electron chi connectivity index (χ1n) is 10.6. The second-order valence-electron chi connectivity index (χ2n) is 7.71. The number of furan rings is 1. The van der Waals surface area contributed by atoms with Crippen LogP contribution in [0.3, 0.4) is 0 Å². The minimum Gasteiger partial charge on any atom is -0.459 e. The molecule has 1 aromatic heterocycles. The standard InChI is InChI=1S/C23H31N3O4/c1-3-29-14-5-12-26-13-11-20(17(2)16-26)25-22(27)18-7-9-19(10-8-18)24-23(28)21-6-4-15-30-21/h4,6-10,15,17,20H,3,5,11-14,16H2,1-2H3,(H,24,28)(H,25,27). The minimum absolute atomic E-state index is 0.0828. The van der Waals surface area contributed by atoms with Gasteiger partial charge in [0.05, 0.1) is 6.26 Å². The molecule has 1 aromatic carbocycles. The third kappa shape index (κ3) is 6.18. The van der Waals surface area contributed by atoms with Gasteiger partial charge in [0.1, 0.15) is 0 Å². The highest BCUT2D eigenvalue weighted by atomic mass is 16.5. The molecule has 1 aliphatic heterocycles. The van der Waals surface area contributed by atoms with Gasteiger partial charge in [-0.1, -0.05) is 6.92 Å². The molecule has 1 saturated heterocycles. The zero-order chi connectivity index (χ0) is 21.3. The lowest BCUT2D eigenvalue weighted by atomic mass is 9.93. The maximum Gasteiger partial charge on any atom is 0.291 e. The zero-order valence-corrected chi connectivity index (χ0v) is 17.7. The summed E-state index contributed by atoms with van der Waals surface area (Å²) in [4.78, 5) is 27.1. The van der Waals surface area contributed by atoms with Crippen molar-refractivity contribution in [3.8, 4) is 0 Å². The van der Waals surface area contributed by atoms with Crippen LogP contribution in [-0.4, -0.2) is 55.6 Å². The molecule has 2 heterocycles. The van der Waals surface area contributed by atoms with Crippen molar-refractivity contribution in [1.82, 2.24) is 10.2 Å². The Morgan fingerprint density at radius 2 is 2.00 bits per heavy atom. The maximum absolute atomic E-state index is 12.7. The molecule has 30 heavy (non-hydrogen) atoms. The highest BCUT2D eigenvalue weighted by Crippen LogP contribution is 2.18. The summed E-state index contributed by atoms with van der Waals surface area (Å²) >= 11 is 0. The number of rotatable bonds is 9. The van der Waals surface area contributed by atoms with E-state index in [2.05, 4.69) is 22.5 Å². The predicted octanol–water partition coefficient (Wildman–Crippen LogP) is 3.40. The van der Waals surface area contributed by atoms with E-state index in [1.54, 1.807) is 36.4 Å². The highest BCUT2D eigenvalue weighted by Gasteiger charge is 2.27. The molecule has 0 aliphatic carbocycles. The monoisotopic (exact) mass is 413 g/mol. The first kappa shape index (κ1) is 22.1. The number of hydrogen-bond acceptors (Lipinski definition) is 5. The van der Waals surface area contributed by atoms with Gasteiger partial charge in [-0.05, 0) is 62.1 Å². The molecule has 1 aliphatic rings. The minimum atomic E-state index is -0.320. The van der Waals surface area contributed by atoms with Crippen LogP contribution in [0.25, 0.3) is 0 Å². The Labute approximate surface area is 177 Å². The van der Waals surface area contributed by atoms with Crippen LogP contribution < -0.4 is 10.6 Å². The lowest BCUT2D eigenvalue weighted by Crippen LogP contribution is -2.50. The topological polar surface area (TPSA) is 83.8 Å². The molecule has 2 unspecified atom stereocenters. The van der Waals surface area contributed by atoms with E-state index < -0.39 is 0 Å². The molecular formula is C23H31N3O4. The van der Waals surface area contributed by atoms with Gasteiger partial charge >= 0.3 is 0 Å². The summed E-state index contributed by atoms with van der Waals surface area (Å²) in [5, 5.41) is 5.92. The summed E-state index contributed by atoms with van der Waals surface area (Å²) in [6, 6.07) is 10.3. The van der Waals surface area contributed by atoms with E-state index in [0.29, 0.717) is 17.2 Å². The van der Waals surface area contributed by atoms with Gasteiger partial charge in [0.25, 0.3) is 11.8 Å². The quantitative estimate of drug-likeness (QED) is 0.616. The van der Waals surface area contributed by atoms with Crippen LogP contribution >= 0.6 is 0 Å². The number of nitrogens with one attached hydrogen (secondary N) is 2. The summed E-state index contributed by atoms with van der Waals surface area (Å²) in [5.74, 6) is 0.233. The number of nitrogens with zero attached hydrogens (tertiary/aromatic N) is 1. The Bertz CT molecular complexity index is 804. The van der Waals surface area contributed by atoms with Crippen molar-refractivity contribution in [3.63, 3.8) is 0 Å². The maximum atomic E-state index is 12.7. The van der Waals surface area contributed by atoms with E-state index in [4.69, 9.17) is 9.15 Å². The van der Waals surface area contributed by atoms with Gasteiger partial charge in [-0.25, -0.2) is 0 Å². The Hall–Kier alpha value is -2.64. The van der Waals surface area contributed by atoms with Crippen LogP contribution in [0.4, 0.5) is 5.69 Å². The van der Waals surface area contributed by atoms with E-state index in [-0.39, 0.29) is 23.6 Å². The molecule has 0 saturated carbocycles. The molecule has 0 radical (unpaired) electrons. The average Bonchev–Trinajstić information content (AvgIpc) is 3.29. The van der Waals surface area contributed by atoms with Gasteiger partial charge < -0.3 is 24.7 Å². The van der Waals surface area contributed by atoms with Crippen LogP contribution in [0.2, 0.25) is 0 Å². The Balaban J connectivity index is 1.46. The fourth-order valence-electron chi connectivity index (χ4n) is 3.74. The predicted molar refractivity (Wildman–Crippen MR) is 116 cm³/mol. The highest BCUT2D eigenvalue weighted by molar-refractivity contribution is 6.02. The fourth-order valence-corrected chi connectivity index (χ4v) is 3.74. The van der Waals surface area contributed by atoms with Gasteiger partial charge in [0.2, 0.25) is 0 Å². The summed E-state index contributed by atoms with van der Waals surface area (Å²) in [5.41, 5.74) is 1.19. The van der Waals surface area contributed by atoms with Crippen LogP contribution in [0.1, 0.15) is 47.6 Å². The second-order valence-corrected chi connectivity index (χ2v) is 7.71. The number of carbonyl (C=O) groups excluding carboxylic acids is 2. The summed E-state index contributed by atoms with van der Waals surface area (Å²) < 4.78 is 10.5. The van der Waals surface area contributed by atoms with E-state index in [1.807, 2.05) is 6.92 Å². The van der Waals surface area contributed by atoms with Gasteiger partial charge in [0.15, 0.2) is 5.76 Å². The Morgan fingerprint density at radius 1 is 1.20 bits per heavy atom. The van der Waals surface area contributed by atoms with Crippen molar-refractivity contribution in [2.75, 3.05) is 38.2 Å². The number of carbonyl (C=O) groups is 2. The molecule has 162 valence electrons. The van der Waals surface area contributed by atoms with Crippen LogP contribution in [0, 0.1) is 5.92 Å². The van der Waals surface area contributed by atoms with Crippen molar-refractivity contribution < 1.29 is 18.7 Å². The Morgan fingerprint density at radius 3 is 2.67 bits per heavy atom. The molecular weight excluding hydrogens is 382 g/mol. The van der Waals surface area contributed by atoms with E-state index in [0.717, 1.165) is 45.7 Å². The lowest BCUT2D eigenvalue weighted by molar-refractivity contribution is 0.0843. The fraction of sp³-hybridized carbons (Fsp3) is 0.478. The molecule has 2 atom stereocenters. The number of benzene rings is 1. The summed E-state index contributed by atoms with van der Waals surface area (Å²) in [6.45, 7) is 8.78. The first-order valence-corrected chi connectivity index (χ1v) is 10.6. The van der Waals surface area contributed by atoms with Crippen molar-refractivity contribution in [2.45, 2.75) is 32.7 Å². The second kappa shape index (κ2) is 10.9. The van der Waals surface area contributed by atoms with E-state index in [9.17, 15) is 9.59 Å². The zero-order valence-electron chi connectivity index (χ0n) is 17.7. The van der Waals surface area contributed by atoms with Crippen molar-refractivity contribution in [3.05, 3.63) is 54.0 Å². The normalized spacial score (nSPS) is 19.4. The van der Waals surface area contributed by atoms with E-state index in [1.165, 1.54) is 6.26 Å². The number of piperidine rings is 1. The molecule has 7 heteroatoms. The average molecular weight is 414 g/mol. The number of likely N-dealkylation sites (tertiary alicyclic amines) is 1. The first-order chi connectivity index (χ1) is 14.6. The van der Waals surface area contributed by atoms with Crippen LogP contribution in [0.15, 0.2) is 47.1 Å². The van der Waals surface area contributed by atoms with Crippen molar-refractivity contribution >= 4 is 17.5 Å². The van der Waals surface area contributed by atoms with Crippen molar-refractivity contribution in [2.24, 2.45) is 5.92 Å². The molecule has 0 spiro atoms. The SMILES string of the molecule is CCOCCCN1CCC(NC(=O)c2ccc(NC(=O)c3ccco3)cc2)C(C)C1. The molecule has 2 amide bonds. The number of ether oxygens (including phenoxy) is 1. The number of hydrogen-bond donors (Lipinski definition) is 2. The van der Waals surface area contributed by atoms with Gasteiger partial charge in [0, 0.05) is 50.1 Å². The van der Waals surface area contributed by atoms with Crippen molar-refractivity contribution in [1.29, 1.82) is 0 Å². The molecule has 7 nitrogen and oxygen atoms in total. The molecule has 1 fully saturated rings. The van der Waals surface area contributed by atoms with Crippen LogP contribution in [0.5, 0.6) is 0 Å². The van der Waals surface area contributed by atoms with Gasteiger partial charge in [-0.2, -0.15) is 0 Å².